The smallest absolute Gasteiger partial charge is 0.490 e. The van der Waals surface area contributed by atoms with Gasteiger partial charge in [-0.05, 0) is 69.9 Å². The molecule has 2 unspecified atom stereocenters. The first kappa shape index (κ1) is 58.3. The van der Waals surface area contributed by atoms with Gasteiger partial charge in [0.2, 0.25) is 11.3 Å². The van der Waals surface area contributed by atoms with Crippen molar-refractivity contribution >= 4 is 79.0 Å². The van der Waals surface area contributed by atoms with Crippen LogP contribution in [0.25, 0.3) is 22.3 Å². The van der Waals surface area contributed by atoms with Crippen molar-refractivity contribution in [3.05, 3.63) is 70.9 Å². The second kappa shape index (κ2) is 22.3. The van der Waals surface area contributed by atoms with Gasteiger partial charge < -0.3 is 59.3 Å². The summed E-state index contributed by atoms with van der Waals surface area (Å²) >= 11 is 0. The van der Waals surface area contributed by atoms with Gasteiger partial charge in [0.05, 0.1) is 46.0 Å². The van der Waals surface area contributed by atoms with E-state index >= 15 is 0 Å². The Morgan fingerprint density at radius 2 is 1.62 bits per heavy atom. The summed E-state index contributed by atoms with van der Waals surface area (Å²) in [5, 5.41) is 28.8. The fourth-order valence-corrected chi connectivity index (χ4v) is 13.8. The van der Waals surface area contributed by atoms with Crippen LogP contribution in [0.3, 0.4) is 0 Å². The van der Waals surface area contributed by atoms with Gasteiger partial charge in [0.15, 0.2) is 40.2 Å². The molecule has 2 aromatic carbocycles. The highest BCUT2D eigenvalue weighted by atomic mass is 32.2. The number of imidazole rings is 1. The molecule has 4 aromatic rings. The Hall–Kier alpha value is -4.86. The van der Waals surface area contributed by atoms with Gasteiger partial charge >= 0.3 is 23.5 Å². The van der Waals surface area contributed by atoms with Crippen LogP contribution < -0.4 is 35.6 Å². The van der Waals surface area contributed by atoms with Gasteiger partial charge in [-0.25, -0.2) is 46.6 Å². The molecule has 4 aliphatic heterocycles. The van der Waals surface area contributed by atoms with E-state index in [9.17, 15) is 51.5 Å². The van der Waals surface area contributed by atoms with Crippen LogP contribution in [-0.2, 0) is 46.5 Å². The van der Waals surface area contributed by atoms with Gasteiger partial charge in [-0.3, -0.25) is 13.9 Å². The van der Waals surface area contributed by atoms with E-state index < -0.39 is 76.0 Å². The summed E-state index contributed by atoms with van der Waals surface area (Å²) in [6.45, 7) is 13.6. The van der Waals surface area contributed by atoms with E-state index in [-0.39, 0.29) is 29.0 Å². The molecular weight excluding hydrogens is 1090 g/mol. The second-order valence-corrected chi connectivity index (χ2v) is 25.9. The number of benzene rings is 2. The molecule has 0 radical (unpaired) electrons. The lowest BCUT2D eigenvalue weighted by atomic mass is 9.88. The summed E-state index contributed by atoms with van der Waals surface area (Å²) in [5.74, 6) is 0.625. The maximum absolute atomic E-state index is 13.1. The summed E-state index contributed by atoms with van der Waals surface area (Å²) in [7, 11) is -21.6. The molecule has 27 nitrogen and oxygen atoms in total. The monoisotopic (exact) mass is 1150 g/mol. The Morgan fingerprint density at radius 1 is 0.896 bits per heavy atom. The largest absolute Gasteiger partial charge is 0.748 e. The zero-order valence-corrected chi connectivity index (χ0v) is 46.4. The van der Waals surface area contributed by atoms with Crippen LogP contribution in [0, 0.1) is 0 Å². The van der Waals surface area contributed by atoms with Gasteiger partial charge in [-0.15, -0.1) is 0 Å². The summed E-state index contributed by atoms with van der Waals surface area (Å²) in [6.07, 6.45) is 4.03. The average Bonchev–Trinajstić information content (AvgIpc) is 3.92. The molecule has 2 aromatic heterocycles. The third kappa shape index (κ3) is 13.6. The van der Waals surface area contributed by atoms with E-state index in [2.05, 4.69) is 82.0 Å². The topological polar surface area (TPSA) is 379 Å². The Morgan fingerprint density at radius 3 is 2.32 bits per heavy atom. The van der Waals surface area contributed by atoms with Crippen LogP contribution in [0.15, 0.2) is 54.1 Å². The summed E-state index contributed by atoms with van der Waals surface area (Å²) in [5.41, 5.74) is 4.31. The molecule has 4 aliphatic rings. The summed E-state index contributed by atoms with van der Waals surface area (Å²) in [4.78, 5) is 69.8. The minimum Gasteiger partial charge on any atom is -0.748 e. The Labute approximate surface area is 442 Å². The highest BCUT2D eigenvalue weighted by molar-refractivity contribution is 7.86. The molecule has 1 fully saturated rings. The Bertz CT molecular complexity index is 3420. The number of ether oxygens (including phenoxy) is 2. The number of phosphoric ester groups is 1. The first-order chi connectivity index (χ1) is 35.9. The molecule has 1 saturated heterocycles. The predicted molar refractivity (Wildman–Crippen MR) is 277 cm³/mol. The first-order valence-corrected chi connectivity index (χ1v) is 30.7. The fraction of sp³-hybridized carbons (Fsp3) is 0.522. The number of unbranched alkanes of at least 4 members (excludes halogenated alkanes) is 3. The van der Waals surface area contributed by atoms with Crippen LogP contribution >= 0.6 is 23.5 Å². The minimum atomic E-state index is -5.79. The molecule has 31 heteroatoms. The number of carbonyl (C=O) groups is 1. The number of likely N-dealkylation sites (N-methyl/N-ethyl adjacent to an activating group) is 1. The van der Waals surface area contributed by atoms with Gasteiger partial charge in [-0.1, -0.05) is 18.9 Å². The number of rotatable bonds is 23. The maximum Gasteiger partial charge on any atom is 0.490 e. The van der Waals surface area contributed by atoms with Gasteiger partial charge in [0, 0.05) is 63.6 Å². The van der Waals surface area contributed by atoms with Crippen LogP contribution in [0.2, 0.25) is 0 Å². The number of fused-ring (bicyclic) bond motifs is 5. The maximum atomic E-state index is 13.1. The molecule has 8 N–H and O–H groups in total. The molecular formula is C46H62N9O18P3S. The van der Waals surface area contributed by atoms with Crippen molar-refractivity contribution in [2.75, 3.05) is 48.8 Å². The molecule has 420 valence electrons. The van der Waals surface area contributed by atoms with E-state index in [1.54, 1.807) is 12.1 Å². The van der Waals surface area contributed by atoms with Crippen molar-refractivity contribution in [2.45, 2.75) is 116 Å². The number of hydrogen-bond acceptors (Lipinski definition) is 20. The Balaban J connectivity index is 0.818. The zero-order chi connectivity index (χ0) is 56.0. The number of amides is 1. The number of aromatic nitrogens is 4. The molecule has 77 heavy (non-hydrogen) atoms. The van der Waals surface area contributed by atoms with E-state index in [0.717, 1.165) is 49.1 Å². The second-order valence-electron chi connectivity index (χ2n) is 20.1. The van der Waals surface area contributed by atoms with Crippen molar-refractivity contribution in [2.24, 2.45) is 4.99 Å². The van der Waals surface area contributed by atoms with E-state index in [0.29, 0.717) is 70.9 Å². The number of allylic oxidation sites excluding steroid dienone is 1. The molecule has 6 heterocycles. The Kier molecular flexibility index (Phi) is 16.9. The number of hydrogen-bond donors (Lipinski definition) is 8. The summed E-state index contributed by atoms with van der Waals surface area (Å²) < 4.78 is 98.8. The zero-order valence-electron chi connectivity index (χ0n) is 42.9. The lowest BCUT2D eigenvalue weighted by Crippen LogP contribution is -2.50. The number of aliphatic hydroxyl groups is 2. The van der Waals surface area contributed by atoms with E-state index in [1.807, 2.05) is 32.0 Å². The number of anilines is 2. The molecule has 1 amide bonds. The van der Waals surface area contributed by atoms with Crippen LogP contribution in [-0.4, -0.2) is 136 Å². The van der Waals surface area contributed by atoms with Gasteiger partial charge in [0.25, 0.3) is 0 Å². The van der Waals surface area contributed by atoms with Crippen molar-refractivity contribution < 1.29 is 83.9 Å². The normalized spacial score (nSPS) is 22.0. The lowest BCUT2D eigenvalue weighted by Gasteiger charge is -2.43. The number of phosphoric acid groups is 3. The predicted octanol–water partition coefficient (Wildman–Crippen LogP) is 3.65. The van der Waals surface area contributed by atoms with Crippen molar-refractivity contribution in [1.82, 2.24) is 29.4 Å². The van der Waals surface area contributed by atoms with Crippen molar-refractivity contribution in [3.63, 3.8) is 0 Å². The van der Waals surface area contributed by atoms with E-state index in [4.69, 9.17) is 24.3 Å². The standard InChI is InChI=1S/C46H62N9O18P3S/c1-7-54-33-19-35-31(17-29(33)27(2)21-45(54,3)4)52-32-18-30-28(24-77(66,67)68)22-46(5,6)55(34(30)20-36(32)70-35)16-12-13-38(56)47-14-10-8-9-11-15-48-42-39-43(50-25-49-42)53(26-51-39)44-41(58)40(57)37(71-44)23-69-75(62,63)73-76(64,65)72-74(59,60)61/h17-22,25-26,37,40-41,44,57-58H,7-16,23-24H2,1-6H3,(H6-,47,48,49,50,56,59,60,61,62,63,64,65,66,67,68)/t37-,40-,41-,44-/m1/s1. The lowest BCUT2D eigenvalue weighted by molar-refractivity contribution is -0.121. The number of nitrogens with one attached hydrogen (secondary N) is 2. The van der Waals surface area contributed by atoms with Crippen molar-refractivity contribution in [3.8, 4) is 11.5 Å². The molecule has 0 aliphatic carbocycles. The summed E-state index contributed by atoms with van der Waals surface area (Å²) in [6, 6.07) is 7.66. The third-order valence-corrected chi connectivity index (χ3v) is 17.9. The van der Waals surface area contributed by atoms with Crippen LogP contribution in [0.1, 0.15) is 97.4 Å². The van der Waals surface area contributed by atoms with Crippen LogP contribution in [0.5, 0.6) is 11.5 Å². The molecule has 8 rings (SSSR count). The first-order valence-electron chi connectivity index (χ1n) is 24.6. The number of nitrogens with zero attached hydrogens (tertiary/aromatic N) is 7. The van der Waals surface area contributed by atoms with Crippen LogP contribution in [0.4, 0.5) is 17.2 Å². The highest BCUT2D eigenvalue weighted by Gasteiger charge is 2.47. The molecule has 0 saturated carbocycles. The quantitative estimate of drug-likeness (QED) is 0.0200. The minimum absolute atomic E-state index is 0.117. The molecule has 0 bridgehead atoms. The SMILES string of the molecule is CCN1c2cc3c(cc2C(C)=CC1(C)C)N=c1cc2c(cc1O3)=[N+](CCCC(=O)NCCCCCCNc1ncnc3c1ncn3[C@@H]1O[C@H](COP(=O)(O)OP(=O)(O)OP(=O)(O)O)[C@@H](O)[C@H]1O)C(C)(C)C=C2CS(=O)(=O)[O-]. The molecule has 0 spiro atoms. The third-order valence-electron chi connectivity index (χ3n) is 13.4. The fourth-order valence-electron chi connectivity index (χ4n) is 10.2. The highest BCUT2D eigenvalue weighted by Crippen LogP contribution is 2.66. The van der Waals surface area contributed by atoms with Gasteiger partial charge in [0.1, 0.15) is 42.2 Å². The van der Waals surface area contributed by atoms with Gasteiger partial charge in [-0.2, -0.15) is 8.62 Å². The average molecular weight is 1150 g/mol. The molecule has 6 atom stereocenters. The van der Waals surface area contributed by atoms with E-state index in [1.165, 1.54) is 17.2 Å². The number of carbonyl (C=O) groups excluding carboxylic acids is 1. The number of aliphatic hydroxyl groups excluding tert-OH is 2. The van der Waals surface area contributed by atoms with Crippen molar-refractivity contribution in [1.29, 1.82) is 0 Å².